The summed E-state index contributed by atoms with van der Waals surface area (Å²) in [4.78, 5) is 21.8. The SMILES string of the molecule is Cc1nn(CCN(C)C)cc1Nc1ncc(C(F)(F)F)c(NCCCNC(=O)C2CCC2)n1. The molecule has 3 N–H and O–H groups in total. The first kappa shape index (κ1) is 24.7. The van der Waals surface area contributed by atoms with E-state index in [9.17, 15) is 18.0 Å². The Kier molecular flexibility index (Phi) is 8.11. The Bertz CT molecular complexity index is 940. The first-order valence-electron chi connectivity index (χ1n) is 11.0. The van der Waals surface area contributed by atoms with E-state index >= 15 is 0 Å². The maximum Gasteiger partial charge on any atom is 0.421 e. The van der Waals surface area contributed by atoms with E-state index in [4.69, 9.17) is 0 Å². The van der Waals surface area contributed by atoms with Crippen LogP contribution in [0.2, 0.25) is 0 Å². The van der Waals surface area contributed by atoms with Gasteiger partial charge in [0.05, 0.1) is 17.9 Å². The smallest absolute Gasteiger partial charge is 0.369 e. The van der Waals surface area contributed by atoms with Crippen LogP contribution >= 0.6 is 0 Å². The number of carbonyl (C=O) groups is 1. The van der Waals surface area contributed by atoms with Crippen LogP contribution in [-0.2, 0) is 17.5 Å². The standard InChI is InChI=1S/C21H31F3N8O/c1-14-17(13-32(30-14)11-10-31(2)3)28-20-27-12-16(21(22,23)24)18(29-20)25-8-5-9-26-19(33)15-6-4-7-15/h12-13,15H,4-11H2,1-3H3,(H,26,33)(H2,25,27,28,29). The maximum atomic E-state index is 13.4. The van der Waals surface area contributed by atoms with Gasteiger partial charge < -0.3 is 20.9 Å². The van der Waals surface area contributed by atoms with E-state index in [-0.39, 0.29) is 30.1 Å². The Balaban J connectivity index is 1.61. The van der Waals surface area contributed by atoms with E-state index in [0.717, 1.165) is 32.0 Å². The molecular formula is C21H31F3N8O. The molecule has 1 fully saturated rings. The van der Waals surface area contributed by atoms with Crippen LogP contribution in [0.4, 0.5) is 30.6 Å². The fourth-order valence-corrected chi connectivity index (χ4v) is 3.28. The van der Waals surface area contributed by atoms with Crippen LogP contribution in [0.3, 0.4) is 0 Å². The predicted molar refractivity (Wildman–Crippen MR) is 119 cm³/mol. The molecule has 0 atom stereocenters. The van der Waals surface area contributed by atoms with Crippen molar-refractivity contribution in [2.75, 3.05) is 44.4 Å². The van der Waals surface area contributed by atoms with Crippen molar-refractivity contribution in [3.63, 3.8) is 0 Å². The topological polar surface area (TPSA) is 100 Å². The number of carbonyl (C=O) groups excluding carboxylic acids is 1. The van der Waals surface area contributed by atoms with Crippen LogP contribution in [0.15, 0.2) is 12.4 Å². The molecule has 1 saturated carbocycles. The first-order chi connectivity index (χ1) is 15.6. The maximum absolute atomic E-state index is 13.4. The van der Waals surface area contributed by atoms with Crippen molar-refractivity contribution >= 4 is 23.4 Å². The molecule has 0 spiro atoms. The van der Waals surface area contributed by atoms with Crippen molar-refractivity contribution in [3.8, 4) is 0 Å². The highest BCUT2D eigenvalue weighted by Crippen LogP contribution is 2.34. The summed E-state index contributed by atoms with van der Waals surface area (Å²) in [5, 5.41) is 12.9. The van der Waals surface area contributed by atoms with Gasteiger partial charge in [-0.25, -0.2) is 4.98 Å². The summed E-state index contributed by atoms with van der Waals surface area (Å²) in [5.41, 5.74) is 0.372. The highest BCUT2D eigenvalue weighted by atomic mass is 19.4. The van der Waals surface area contributed by atoms with Crippen molar-refractivity contribution < 1.29 is 18.0 Å². The number of likely N-dealkylation sites (N-methyl/N-ethyl adjacent to an activating group) is 1. The molecule has 0 bridgehead atoms. The van der Waals surface area contributed by atoms with Crippen molar-refractivity contribution in [2.45, 2.75) is 45.3 Å². The minimum atomic E-state index is -4.59. The van der Waals surface area contributed by atoms with Gasteiger partial charge in [-0.2, -0.15) is 23.3 Å². The van der Waals surface area contributed by atoms with Crippen LogP contribution < -0.4 is 16.0 Å². The van der Waals surface area contributed by atoms with Crippen molar-refractivity contribution in [3.05, 3.63) is 23.7 Å². The van der Waals surface area contributed by atoms with Crippen LogP contribution in [0.5, 0.6) is 0 Å². The summed E-state index contributed by atoms with van der Waals surface area (Å²) in [6, 6.07) is 0. The number of alkyl halides is 3. The number of rotatable bonds is 11. The van der Waals surface area contributed by atoms with Gasteiger partial charge in [0.2, 0.25) is 11.9 Å². The highest BCUT2D eigenvalue weighted by molar-refractivity contribution is 5.79. The number of aryl methyl sites for hydroxylation is 1. The summed E-state index contributed by atoms with van der Waals surface area (Å²) >= 11 is 0. The molecule has 0 radical (unpaired) electrons. The Morgan fingerprint density at radius 2 is 2.03 bits per heavy atom. The fraction of sp³-hybridized carbons (Fsp3) is 0.619. The molecule has 9 nitrogen and oxygen atoms in total. The zero-order chi connectivity index (χ0) is 24.0. The van der Waals surface area contributed by atoms with E-state index in [2.05, 4.69) is 31.0 Å². The van der Waals surface area contributed by atoms with Crippen molar-refractivity contribution in [1.82, 2.24) is 30.0 Å². The largest absolute Gasteiger partial charge is 0.421 e. The molecule has 1 amide bonds. The molecule has 2 heterocycles. The van der Waals surface area contributed by atoms with Gasteiger partial charge in [-0.05, 0) is 40.3 Å². The average molecular weight is 469 g/mol. The molecular weight excluding hydrogens is 437 g/mol. The lowest BCUT2D eigenvalue weighted by molar-refractivity contribution is -0.137. The fourth-order valence-electron chi connectivity index (χ4n) is 3.28. The molecule has 0 saturated heterocycles. The second kappa shape index (κ2) is 10.8. The Morgan fingerprint density at radius 1 is 1.27 bits per heavy atom. The first-order valence-corrected chi connectivity index (χ1v) is 11.0. The minimum absolute atomic E-state index is 0.0206. The highest BCUT2D eigenvalue weighted by Gasteiger charge is 2.35. The van der Waals surface area contributed by atoms with Crippen LogP contribution in [0.25, 0.3) is 0 Å². The van der Waals surface area contributed by atoms with Gasteiger partial charge in [0.1, 0.15) is 11.4 Å². The number of hydrogen-bond acceptors (Lipinski definition) is 7. The number of nitrogens with zero attached hydrogens (tertiary/aromatic N) is 5. The molecule has 12 heteroatoms. The van der Waals surface area contributed by atoms with Gasteiger partial charge in [-0.3, -0.25) is 9.48 Å². The van der Waals surface area contributed by atoms with Gasteiger partial charge in [0, 0.05) is 37.9 Å². The molecule has 2 aromatic rings. The number of hydrogen-bond donors (Lipinski definition) is 3. The van der Waals surface area contributed by atoms with Crippen molar-refractivity contribution in [2.24, 2.45) is 5.92 Å². The minimum Gasteiger partial charge on any atom is -0.369 e. The Morgan fingerprint density at radius 3 is 2.67 bits per heavy atom. The number of nitrogens with one attached hydrogen (secondary N) is 3. The van der Waals surface area contributed by atoms with E-state index in [1.165, 1.54) is 0 Å². The molecule has 0 unspecified atom stereocenters. The number of amides is 1. The Hall–Kier alpha value is -2.89. The summed E-state index contributed by atoms with van der Waals surface area (Å²) in [6.07, 6.45) is 1.31. The number of halogens is 3. The monoisotopic (exact) mass is 468 g/mol. The molecule has 0 aromatic carbocycles. The lowest BCUT2D eigenvalue weighted by Crippen LogP contribution is -2.35. The third kappa shape index (κ3) is 7.04. The lowest BCUT2D eigenvalue weighted by Gasteiger charge is -2.24. The average Bonchev–Trinajstić information content (AvgIpc) is 3.03. The zero-order valence-electron chi connectivity index (χ0n) is 19.2. The quantitative estimate of drug-likeness (QED) is 0.436. The molecule has 3 rings (SSSR count). The van der Waals surface area contributed by atoms with E-state index in [1.807, 2.05) is 19.0 Å². The number of anilines is 3. The molecule has 2 aromatic heterocycles. The van der Waals surface area contributed by atoms with Crippen LogP contribution in [0, 0.1) is 12.8 Å². The summed E-state index contributed by atoms with van der Waals surface area (Å²) in [7, 11) is 3.92. The molecule has 1 aliphatic carbocycles. The van der Waals surface area contributed by atoms with Gasteiger partial charge >= 0.3 is 6.18 Å². The predicted octanol–water partition coefficient (Wildman–Crippen LogP) is 3.02. The molecule has 182 valence electrons. The molecule has 33 heavy (non-hydrogen) atoms. The number of aromatic nitrogens is 4. The second-order valence-corrected chi connectivity index (χ2v) is 8.47. The van der Waals surface area contributed by atoms with Crippen LogP contribution in [0.1, 0.15) is 36.9 Å². The van der Waals surface area contributed by atoms with Crippen LogP contribution in [-0.4, -0.2) is 64.3 Å². The Labute approximate surface area is 191 Å². The third-order valence-electron chi connectivity index (χ3n) is 5.48. The van der Waals surface area contributed by atoms with Gasteiger partial charge in [-0.15, -0.1) is 0 Å². The molecule has 0 aliphatic heterocycles. The third-order valence-corrected chi connectivity index (χ3v) is 5.48. The van der Waals surface area contributed by atoms with E-state index < -0.39 is 11.7 Å². The lowest BCUT2D eigenvalue weighted by atomic mass is 9.85. The van der Waals surface area contributed by atoms with Crippen molar-refractivity contribution in [1.29, 1.82) is 0 Å². The molecule has 1 aliphatic rings. The van der Waals surface area contributed by atoms with E-state index in [0.29, 0.717) is 30.9 Å². The summed E-state index contributed by atoms with van der Waals surface area (Å²) < 4.78 is 42.0. The van der Waals surface area contributed by atoms with Gasteiger partial charge in [0.15, 0.2) is 0 Å². The summed E-state index contributed by atoms with van der Waals surface area (Å²) in [6.45, 7) is 3.90. The van der Waals surface area contributed by atoms with Gasteiger partial charge in [-0.1, -0.05) is 6.42 Å². The van der Waals surface area contributed by atoms with Gasteiger partial charge in [0.25, 0.3) is 0 Å². The van der Waals surface area contributed by atoms with E-state index in [1.54, 1.807) is 17.8 Å². The summed E-state index contributed by atoms with van der Waals surface area (Å²) in [5.74, 6) is -0.157. The second-order valence-electron chi connectivity index (χ2n) is 8.47. The zero-order valence-corrected chi connectivity index (χ0v) is 19.2. The normalized spacial score (nSPS) is 14.3.